The third-order valence-corrected chi connectivity index (χ3v) is 4.08. The second-order valence-electron chi connectivity index (χ2n) is 5.03. The first-order valence-corrected chi connectivity index (χ1v) is 7.54. The van der Waals surface area contributed by atoms with Crippen LogP contribution >= 0.6 is 15.9 Å². The molecule has 1 fully saturated rings. The van der Waals surface area contributed by atoms with E-state index in [0.717, 1.165) is 42.5 Å². The van der Waals surface area contributed by atoms with Crippen molar-refractivity contribution < 1.29 is 9.90 Å². The molecular formula is C15H15BrN2O2. The lowest BCUT2D eigenvalue weighted by atomic mass is 10.1. The Morgan fingerprint density at radius 2 is 2.15 bits per heavy atom. The summed E-state index contributed by atoms with van der Waals surface area (Å²) in [5.41, 5.74) is 1.01. The van der Waals surface area contributed by atoms with Gasteiger partial charge in [-0.3, -0.25) is 9.69 Å². The quantitative estimate of drug-likeness (QED) is 0.801. The highest BCUT2D eigenvalue weighted by atomic mass is 79.9. The van der Waals surface area contributed by atoms with E-state index in [1.807, 2.05) is 0 Å². The zero-order valence-electron chi connectivity index (χ0n) is 11.0. The Balaban J connectivity index is 1.96. The van der Waals surface area contributed by atoms with E-state index in [4.69, 9.17) is 0 Å². The second-order valence-corrected chi connectivity index (χ2v) is 5.94. The Labute approximate surface area is 125 Å². The third-order valence-electron chi connectivity index (χ3n) is 3.59. The van der Waals surface area contributed by atoms with Gasteiger partial charge in [0.25, 0.3) is 5.91 Å². The maximum atomic E-state index is 12.3. The number of amidine groups is 1. The van der Waals surface area contributed by atoms with Crippen molar-refractivity contribution in [2.24, 2.45) is 4.99 Å². The molecule has 3 rings (SSSR count). The number of benzene rings is 1. The highest BCUT2D eigenvalue weighted by Crippen LogP contribution is 2.28. The Hall–Kier alpha value is -1.62. The number of phenols is 1. The van der Waals surface area contributed by atoms with Gasteiger partial charge in [-0.05, 0) is 37.1 Å². The Morgan fingerprint density at radius 1 is 1.30 bits per heavy atom. The molecule has 0 spiro atoms. The number of nitrogens with zero attached hydrogens (tertiary/aromatic N) is 2. The summed E-state index contributed by atoms with van der Waals surface area (Å²) in [5.74, 6) is 0.963. The van der Waals surface area contributed by atoms with Crippen LogP contribution in [-0.2, 0) is 4.79 Å². The molecule has 1 amide bonds. The van der Waals surface area contributed by atoms with Crippen LogP contribution < -0.4 is 0 Å². The summed E-state index contributed by atoms with van der Waals surface area (Å²) in [6, 6.07) is 5.13. The van der Waals surface area contributed by atoms with Gasteiger partial charge in [0, 0.05) is 23.0 Å². The summed E-state index contributed by atoms with van der Waals surface area (Å²) < 4.78 is 0.856. The predicted molar refractivity (Wildman–Crippen MR) is 81.4 cm³/mol. The zero-order chi connectivity index (χ0) is 14.1. The number of hydrogen-bond acceptors (Lipinski definition) is 3. The van der Waals surface area contributed by atoms with Crippen molar-refractivity contribution in [2.75, 3.05) is 6.54 Å². The van der Waals surface area contributed by atoms with Crippen LogP contribution in [0.3, 0.4) is 0 Å². The fraction of sp³-hybridized carbons (Fsp3) is 0.333. The molecule has 0 bridgehead atoms. The molecular weight excluding hydrogens is 320 g/mol. The number of phenolic OH excluding ortho intramolecular Hbond substituents is 1. The fourth-order valence-electron chi connectivity index (χ4n) is 2.54. The molecule has 1 saturated heterocycles. The molecule has 2 heterocycles. The molecule has 5 heteroatoms. The molecule has 104 valence electrons. The minimum absolute atomic E-state index is 0.0544. The maximum Gasteiger partial charge on any atom is 0.277 e. The van der Waals surface area contributed by atoms with Crippen LogP contribution in [0, 0.1) is 0 Å². The van der Waals surface area contributed by atoms with E-state index in [9.17, 15) is 9.90 Å². The van der Waals surface area contributed by atoms with E-state index < -0.39 is 0 Å². The molecule has 20 heavy (non-hydrogen) atoms. The average molecular weight is 335 g/mol. The second kappa shape index (κ2) is 5.40. The van der Waals surface area contributed by atoms with E-state index in [0.29, 0.717) is 11.3 Å². The van der Waals surface area contributed by atoms with Gasteiger partial charge in [-0.1, -0.05) is 22.4 Å². The number of rotatable bonds is 1. The number of amides is 1. The van der Waals surface area contributed by atoms with Gasteiger partial charge in [0.15, 0.2) is 0 Å². The molecule has 4 nitrogen and oxygen atoms in total. The van der Waals surface area contributed by atoms with Crippen molar-refractivity contribution in [3.8, 4) is 5.75 Å². The lowest BCUT2D eigenvalue weighted by Crippen LogP contribution is -2.31. The summed E-state index contributed by atoms with van der Waals surface area (Å²) in [5, 5.41) is 9.85. The van der Waals surface area contributed by atoms with Crippen LogP contribution in [-0.4, -0.2) is 28.3 Å². The highest BCUT2D eigenvalue weighted by molar-refractivity contribution is 9.10. The smallest absolute Gasteiger partial charge is 0.277 e. The molecule has 1 aromatic carbocycles. The van der Waals surface area contributed by atoms with E-state index in [-0.39, 0.29) is 11.7 Å². The third kappa shape index (κ3) is 2.50. The van der Waals surface area contributed by atoms with Gasteiger partial charge in [0.05, 0.1) is 0 Å². The first-order valence-electron chi connectivity index (χ1n) is 6.75. The van der Waals surface area contributed by atoms with Crippen molar-refractivity contribution in [3.05, 3.63) is 33.9 Å². The van der Waals surface area contributed by atoms with Gasteiger partial charge < -0.3 is 5.11 Å². The summed E-state index contributed by atoms with van der Waals surface area (Å²) in [6.45, 7) is 0.749. The van der Waals surface area contributed by atoms with Crippen LogP contribution in [0.15, 0.2) is 33.4 Å². The molecule has 0 atom stereocenters. The van der Waals surface area contributed by atoms with Crippen LogP contribution in [0.5, 0.6) is 5.75 Å². The van der Waals surface area contributed by atoms with E-state index in [2.05, 4.69) is 20.9 Å². The van der Waals surface area contributed by atoms with Gasteiger partial charge in [-0.2, -0.15) is 0 Å². The Bertz CT molecular complexity index is 622. The standard InChI is InChI=1S/C15H15BrN2O2/c16-11-5-6-13(19)10(8-11)9-12-15(20)18-7-3-1-2-4-14(18)17-12/h5-6,8-9,19H,1-4,7H2/b12-9+. The number of carbonyl (C=O) groups is 1. The molecule has 1 N–H and O–H groups in total. The van der Waals surface area contributed by atoms with Crippen LogP contribution in [0.25, 0.3) is 6.08 Å². The van der Waals surface area contributed by atoms with Crippen molar-refractivity contribution in [3.63, 3.8) is 0 Å². The molecule has 0 aliphatic carbocycles. The minimum atomic E-state index is -0.0544. The summed E-state index contributed by atoms with van der Waals surface area (Å²) in [7, 11) is 0. The van der Waals surface area contributed by atoms with Crippen LogP contribution in [0.1, 0.15) is 31.2 Å². The molecule has 2 aliphatic heterocycles. The van der Waals surface area contributed by atoms with E-state index in [1.54, 1.807) is 29.2 Å². The predicted octanol–water partition coefficient (Wildman–Crippen LogP) is 3.31. The van der Waals surface area contributed by atoms with Gasteiger partial charge in [-0.25, -0.2) is 4.99 Å². The number of fused-ring (bicyclic) bond motifs is 1. The largest absolute Gasteiger partial charge is 0.507 e. The van der Waals surface area contributed by atoms with Crippen LogP contribution in [0.4, 0.5) is 0 Å². The summed E-state index contributed by atoms with van der Waals surface area (Å²) in [4.78, 5) is 18.6. The maximum absolute atomic E-state index is 12.3. The highest BCUT2D eigenvalue weighted by Gasteiger charge is 2.30. The number of aliphatic imine (C=N–C) groups is 1. The molecule has 1 aromatic rings. The van der Waals surface area contributed by atoms with Gasteiger partial charge in [-0.15, -0.1) is 0 Å². The topological polar surface area (TPSA) is 52.9 Å². The number of hydrogen-bond donors (Lipinski definition) is 1. The molecule has 2 aliphatic rings. The summed E-state index contributed by atoms with van der Waals surface area (Å²) in [6.07, 6.45) is 5.77. The van der Waals surface area contributed by atoms with Gasteiger partial charge in [0.2, 0.25) is 0 Å². The molecule has 0 aromatic heterocycles. The van der Waals surface area contributed by atoms with Crippen LogP contribution in [0.2, 0.25) is 0 Å². The fourth-order valence-corrected chi connectivity index (χ4v) is 2.92. The summed E-state index contributed by atoms with van der Waals surface area (Å²) >= 11 is 3.36. The number of halogens is 1. The molecule has 0 unspecified atom stereocenters. The number of carbonyl (C=O) groups excluding carboxylic acids is 1. The first-order chi connectivity index (χ1) is 9.65. The Kier molecular flexibility index (Phi) is 3.61. The van der Waals surface area contributed by atoms with E-state index in [1.165, 1.54) is 0 Å². The monoisotopic (exact) mass is 334 g/mol. The van der Waals surface area contributed by atoms with Crippen molar-refractivity contribution in [2.45, 2.75) is 25.7 Å². The van der Waals surface area contributed by atoms with E-state index >= 15 is 0 Å². The molecule has 0 radical (unpaired) electrons. The lowest BCUT2D eigenvalue weighted by Gasteiger charge is -2.14. The van der Waals surface area contributed by atoms with Gasteiger partial charge in [0.1, 0.15) is 17.3 Å². The average Bonchev–Trinajstić information content (AvgIpc) is 2.62. The SMILES string of the molecule is O=C1/C(=C\c2cc(Br)ccc2O)N=C2CCCCCN12. The minimum Gasteiger partial charge on any atom is -0.507 e. The Morgan fingerprint density at radius 3 is 3.00 bits per heavy atom. The van der Waals surface area contributed by atoms with Crippen molar-refractivity contribution in [1.29, 1.82) is 0 Å². The molecule has 0 saturated carbocycles. The van der Waals surface area contributed by atoms with Gasteiger partial charge >= 0.3 is 0 Å². The lowest BCUT2D eigenvalue weighted by molar-refractivity contribution is -0.122. The number of aromatic hydroxyl groups is 1. The van der Waals surface area contributed by atoms with Crippen molar-refractivity contribution >= 4 is 33.7 Å². The van der Waals surface area contributed by atoms with Crippen molar-refractivity contribution in [1.82, 2.24) is 4.90 Å². The zero-order valence-corrected chi connectivity index (χ0v) is 12.6. The normalized spacial score (nSPS) is 20.9. The first kappa shape index (κ1) is 13.4.